The van der Waals surface area contributed by atoms with E-state index in [2.05, 4.69) is 152 Å². The second-order valence-corrected chi connectivity index (χ2v) is 14.6. The van der Waals surface area contributed by atoms with Crippen molar-refractivity contribution in [3.05, 3.63) is 182 Å². The molecule has 9 aromatic carbocycles. The fourth-order valence-electron chi connectivity index (χ4n) is 8.79. The molecule has 0 saturated carbocycles. The van der Waals surface area contributed by atoms with Crippen LogP contribution in [0, 0.1) is 0 Å². The molecular weight excluding hydrogens is 681 g/mol. The maximum absolute atomic E-state index is 5.47. The van der Waals surface area contributed by atoms with Crippen molar-refractivity contribution in [1.29, 1.82) is 0 Å². The topological polar surface area (TPSA) is 51.6 Å². The van der Waals surface area contributed by atoms with Gasteiger partial charge in [0.25, 0.3) is 0 Å². The average Bonchev–Trinajstić information content (AvgIpc) is 3.27. The molecule has 4 nitrogen and oxygen atoms in total. The van der Waals surface area contributed by atoms with E-state index in [0.717, 1.165) is 82.8 Å². The van der Waals surface area contributed by atoms with Gasteiger partial charge in [0.2, 0.25) is 0 Å². The molecule has 0 spiro atoms. The lowest BCUT2D eigenvalue weighted by Crippen LogP contribution is -1.96. The first kappa shape index (κ1) is 30.9. The van der Waals surface area contributed by atoms with Gasteiger partial charge in [0, 0.05) is 43.8 Å². The summed E-state index contributed by atoms with van der Waals surface area (Å²) in [5, 5.41) is 13.0. The minimum atomic E-state index is 0.705. The third kappa shape index (κ3) is 4.66. The van der Waals surface area contributed by atoms with E-state index in [0.29, 0.717) is 5.82 Å². The fraction of sp³-hybridized carbons (Fsp3) is 0. The van der Waals surface area contributed by atoms with Gasteiger partial charge >= 0.3 is 0 Å². The summed E-state index contributed by atoms with van der Waals surface area (Å²) in [4.78, 5) is 20.9. The van der Waals surface area contributed by atoms with Crippen molar-refractivity contribution in [2.75, 3.05) is 0 Å². The number of rotatable bonds is 4. The molecule has 0 aliphatic heterocycles. The summed E-state index contributed by atoms with van der Waals surface area (Å²) in [5.41, 5.74) is 9.73. The summed E-state index contributed by atoms with van der Waals surface area (Å²) in [6.45, 7) is 0. The molecule has 0 fully saturated rings. The SMILES string of the molecule is c1ccc(-c2nc(-c3ccc4c(c3)nc(-c3ccccc3)c3c5ccc(-c6ccc7ccc8cccc9ccc6c7c89)nc5ccc43)c3ccccc3n2)cc1. The minimum absolute atomic E-state index is 0.705. The van der Waals surface area contributed by atoms with Crippen LogP contribution in [0.5, 0.6) is 0 Å². The van der Waals surface area contributed by atoms with Gasteiger partial charge in [-0.05, 0) is 68.0 Å². The van der Waals surface area contributed by atoms with Crippen LogP contribution in [0.4, 0.5) is 0 Å². The highest BCUT2D eigenvalue weighted by Crippen LogP contribution is 2.42. The Kier molecular flexibility index (Phi) is 6.60. The third-order valence-corrected chi connectivity index (χ3v) is 11.4. The van der Waals surface area contributed by atoms with Gasteiger partial charge in [-0.1, -0.05) is 152 Å². The number of fused-ring (bicyclic) bond motifs is 6. The van der Waals surface area contributed by atoms with Crippen molar-refractivity contribution in [3.63, 3.8) is 0 Å². The van der Waals surface area contributed by atoms with Crippen LogP contribution in [-0.4, -0.2) is 19.9 Å². The first-order chi connectivity index (χ1) is 27.7. The van der Waals surface area contributed by atoms with Crippen LogP contribution >= 0.6 is 0 Å². The smallest absolute Gasteiger partial charge is 0.160 e. The van der Waals surface area contributed by atoms with E-state index in [1.807, 2.05) is 30.3 Å². The normalized spacial score (nSPS) is 11.9. The van der Waals surface area contributed by atoms with E-state index in [4.69, 9.17) is 19.9 Å². The second kappa shape index (κ2) is 12.0. The van der Waals surface area contributed by atoms with Crippen molar-refractivity contribution in [2.24, 2.45) is 0 Å². The minimum Gasteiger partial charge on any atom is -0.248 e. The molecule has 0 aliphatic carbocycles. The highest BCUT2D eigenvalue weighted by molar-refractivity contribution is 6.26. The Bertz CT molecular complexity index is 3510. The molecule has 0 aliphatic rings. The van der Waals surface area contributed by atoms with Crippen LogP contribution < -0.4 is 0 Å². The number of para-hydroxylation sites is 1. The largest absolute Gasteiger partial charge is 0.248 e. The lowest BCUT2D eigenvalue weighted by Gasteiger charge is -2.16. The zero-order valence-corrected chi connectivity index (χ0v) is 30.1. The lowest BCUT2D eigenvalue weighted by molar-refractivity contribution is 1.23. The molecule has 0 N–H and O–H groups in total. The van der Waals surface area contributed by atoms with E-state index < -0.39 is 0 Å². The van der Waals surface area contributed by atoms with Gasteiger partial charge in [-0.15, -0.1) is 0 Å². The first-order valence-corrected chi connectivity index (χ1v) is 19.0. The summed E-state index contributed by atoms with van der Waals surface area (Å²) < 4.78 is 0. The molecule has 12 aromatic rings. The van der Waals surface area contributed by atoms with Crippen LogP contribution in [0.3, 0.4) is 0 Å². The van der Waals surface area contributed by atoms with Gasteiger partial charge < -0.3 is 0 Å². The maximum Gasteiger partial charge on any atom is 0.160 e. The molecule has 3 aromatic heterocycles. The molecule has 3 heterocycles. The fourth-order valence-corrected chi connectivity index (χ4v) is 8.79. The Morgan fingerprint density at radius 1 is 0.286 bits per heavy atom. The Labute approximate surface area is 321 Å². The summed E-state index contributed by atoms with van der Waals surface area (Å²) in [5.74, 6) is 0.705. The Morgan fingerprint density at radius 3 is 1.79 bits per heavy atom. The molecule has 0 saturated heterocycles. The second-order valence-electron chi connectivity index (χ2n) is 14.6. The van der Waals surface area contributed by atoms with Crippen LogP contribution in [0.1, 0.15) is 0 Å². The van der Waals surface area contributed by atoms with E-state index in [1.54, 1.807) is 0 Å². The number of benzene rings is 9. The molecule has 0 bridgehead atoms. The van der Waals surface area contributed by atoms with Crippen LogP contribution in [-0.2, 0) is 0 Å². The molecule has 258 valence electrons. The van der Waals surface area contributed by atoms with Crippen molar-refractivity contribution >= 4 is 75.8 Å². The summed E-state index contributed by atoms with van der Waals surface area (Å²) in [6, 6.07) is 64.3. The molecular formula is C52H30N4. The summed E-state index contributed by atoms with van der Waals surface area (Å²) in [6.07, 6.45) is 0. The molecule has 0 unspecified atom stereocenters. The van der Waals surface area contributed by atoms with Gasteiger partial charge in [0.05, 0.1) is 33.6 Å². The molecule has 12 rings (SSSR count). The van der Waals surface area contributed by atoms with E-state index in [1.165, 1.54) is 32.3 Å². The first-order valence-electron chi connectivity index (χ1n) is 19.0. The molecule has 56 heavy (non-hydrogen) atoms. The predicted molar refractivity (Wildman–Crippen MR) is 233 cm³/mol. The van der Waals surface area contributed by atoms with Crippen molar-refractivity contribution in [3.8, 4) is 45.2 Å². The van der Waals surface area contributed by atoms with Crippen molar-refractivity contribution in [2.45, 2.75) is 0 Å². The highest BCUT2D eigenvalue weighted by Gasteiger charge is 2.18. The van der Waals surface area contributed by atoms with E-state index >= 15 is 0 Å². The number of pyridine rings is 2. The van der Waals surface area contributed by atoms with Crippen molar-refractivity contribution in [1.82, 2.24) is 19.9 Å². The zero-order chi connectivity index (χ0) is 36.7. The summed E-state index contributed by atoms with van der Waals surface area (Å²) >= 11 is 0. The Hall–Kier alpha value is -7.56. The predicted octanol–water partition coefficient (Wildman–Crippen LogP) is 13.4. The monoisotopic (exact) mass is 710 g/mol. The lowest BCUT2D eigenvalue weighted by atomic mass is 9.90. The number of hydrogen-bond donors (Lipinski definition) is 0. The average molecular weight is 711 g/mol. The summed E-state index contributed by atoms with van der Waals surface area (Å²) in [7, 11) is 0. The highest BCUT2D eigenvalue weighted by atomic mass is 14.9. The van der Waals surface area contributed by atoms with Crippen molar-refractivity contribution < 1.29 is 0 Å². The van der Waals surface area contributed by atoms with E-state index in [9.17, 15) is 0 Å². The van der Waals surface area contributed by atoms with Crippen LogP contribution in [0.15, 0.2) is 182 Å². The van der Waals surface area contributed by atoms with Crippen LogP contribution in [0.25, 0.3) is 121 Å². The Morgan fingerprint density at radius 2 is 0.946 bits per heavy atom. The van der Waals surface area contributed by atoms with Gasteiger partial charge in [0.1, 0.15) is 0 Å². The maximum atomic E-state index is 5.47. The van der Waals surface area contributed by atoms with Gasteiger partial charge in [-0.2, -0.15) is 0 Å². The van der Waals surface area contributed by atoms with Gasteiger partial charge in [0.15, 0.2) is 5.82 Å². The number of aromatic nitrogens is 4. The van der Waals surface area contributed by atoms with Gasteiger partial charge in [-0.3, -0.25) is 0 Å². The zero-order valence-electron chi connectivity index (χ0n) is 30.1. The van der Waals surface area contributed by atoms with E-state index in [-0.39, 0.29) is 0 Å². The molecule has 0 atom stereocenters. The van der Waals surface area contributed by atoms with Crippen LogP contribution in [0.2, 0.25) is 0 Å². The van der Waals surface area contributed by atoms with Gasteiger partial charge in [-0.25, -0.2) is 19.9 Å². The number of nitrogens with zero attached hydrogens (tertiary/aromatic N) is 4. The molecule has 0 amide bonds. The standard InChI is InChI=1S/C52H30N4/c1-3-10-34(11-4-1)51-49-40(38-24-22-36(30-46(38)54-51)50-42-16-7-8-17-43(42)55-52(56-50)35-12-5-2-6-13-35)26-28-45-41(49)27-29-44(53-45)37-23-20-33-19-18-31-14-9-15-32-21-25-39(37)48(33)47(31)32/h1-30H. The quantitative estimate of drug-likeness (QED) is 0.171. The molecule has 4 heteroatoms. The number of hydrogen-bond acceptors (Lipinski definition) is 4. The third-order valence-electron chi connectivity index (χ3n) is 11.4. The molecule has 0 radical (unpaired) electrons. The Balaban J connectivity index is 1.07.